The second-order valence-electron chi connectivity index (χ2n) is 8.24. The molecule has 0 amide bonds. The summed E-state index contributed by atoms with van der Waals surface area (Å²) >= 11 is 5.30. The van der Waals surface area contributed by atoms with Gasteiger partial charge in [-0.1, -0.05) is 42.9 Å². The minimum Gasteiger partial charge on any atom is -0.493 e. The van der Waals surface area contributed by atoms with Gasteiger partial charge in [0.15, 0.2) is 0 Å². The Labute approximate surface area is 201 Å². The standard InChI is InChI=1S/C24H35N7OS/c1-3-12-30(13-4-2)24-27-23(26)31(28-24)21(22(25)33)11-16-32-20-10-8-9-19(17-20)18-29-14-6-5-7-15-29/h3-4,8-10,17,21H,1-2,5-7,11-16,18H2,(H2,25,33)(H2,26,27,28). The van der Waals surface area contributed by atoms with Gasteiger partial charge in [-0.2, -0.15) is 4.98 Å². The number of hydrogen-bond acceptors (Lipinski definition) is 7. The molecule has 9 heteroatoms. The molecule has 1 fully saturated rings. The molecule has 1 aromatic carbocycles. The SMILES string of the molecule is C=CCN(CC=C)c1nc(N)n(C(CCOc2cccc(CN3CCCCC3)c2)C(N)=S)n1. The summed E-state index contributed by atoms with van der Waals surface area (Å²) in [6.45, 7) is 12.4. The Morgan fingerprint density at radius 1 is 1.21 bits per heavy atom. The van der Waals surface area contributed by atoms with Crippen molar-refractivity contribution in [2.24, 2.45) is 5.73 Å². The number of thiocarbonyl (C=S) groups is 1. The first kappa shape index (κ1) is 24.7. The summed E-state index contributed by atoms with van der Waals surface area (Å²) < 4.78 is 7.61. The molecule has 4 N–H and O–H groups in total. The summed E-state index contributed by atoms with van der Waals surface area (Å²) in [5.41, 5.74) is 13.4. The Hall–Kier alpha value is -2.91. The molecule has 1 aliphatic heterocycles. The van der Waals surface area contributed by atoms with Crippen LogP contribution in [0.1, 0.15) is 37.3 Å². The maximum absolute atomic E-state index is 6.15. The monoisotopic (exact) mass is 469 g/mol. The minimum atomic E-state index is -0.396. The Bertz CT molecular complexity index is 929. The summed E-state index contributed by atoms with van der Waals surface area (Å²) in [7, 11) is 0. The molecule has 1 saturated heterocycles. The van der Waals surface area contributed by atoms with E-state index in [9.17, 15) is 0 Å². The molecule has 0 aliphatic carbocycles. The van der Waals surface area contributed by atoms with Crippen LogP contribution in [0, 0.1) is 0 Å². The number of nitrogen functional groups attached to an aromatic ring is 1. The largest absolute Gasteiger partial charge is 0.493 e. The Morgan fingerprint density at radius 3 is 2.61 bits per heavy atom. The fourth-order valence-corrected chi connectivity index (χ4v) is 4.24. The van der Waals surface area contributed by atoms with Gasteiger partial charge in [0.25, 0.3) is 0 Å². The van der Waals surface area contributed by atoms with Crippen LogP contribution in [0.4, 0.5) is 11.9 Å². The first-order valence-electron chi connectivity index (χ1n) is 11.4. The van der Waals surface area contributed by atoms with E-state index >= 15 is 0 Å². The lowest BCUT2D eigenvalue weighted by Gasteiger charge is -2.26. The first-order chi connectivity index (χ1) is 16.0. The molecule has 0 saturated carbocycles. The number of piperidine rings is 1. The summed E-state index contributed by atoms with van der Waals surface area (Å²) in [4.78, 5) is 9.08. The van der Waals surface area contributed by atoms with Crippen molar-refractivity contribution in [2.45, 2.75) is 38.3 Å². The van der Waals surface area contributed by atoms with E-state index in [4.69, 9.17) is 28.4 Å². The molecule has 0 spiro atoms. The molecule has 3 rings (SSSR count). The minimum absolute atomic E-state index is 0.254. The van der Waals surface area contributed by atoms with Crippen LogP contribution < -0.4 is 21.1 Å². The van der Waals surface area contributed by atoms with Gasteiger partial charge in [-0.3, -0.25) is 4.90 Å². The Kier molecular flexibility index (Phi) is 9.26. The number of anilines is 2. The second-order valence-corrected chi connectivity index (χ2v) is 8.71. The highest BCUT2D eigenvalue weighted by Crippen LogP contribution is 2.21. The smallest absolute Gasteiger partial charge is 0.247 e. The highest BCUT2D eigenvalue weighted by Gasteiger charge is 2.22. The van der Waals surface area contributed by atoms with E-state index in [2.05, 4.69) is 40.3 Å². The van der Waals surface area contributed by atoms with Crippen molar-refractivity contribution < 1.29 is 4.74 Å². The fraction of sp³-hybridized carbons (Fsp3) is 0.458. The fourth-order valence-electron chi connectivity index (χ4n) is 4.02. The van der Waals surface area contributed by atoms with E-state index in [0.29, 0.717) is 37.1 Å². The molecule has 1 aromatic heterocycles. The normalized spacial score (nSPS) is 15.0. The van der Waals surface area contributed by atoms with Crippen LogP contribution in [0.3, 0.4) is 0 Å². The number of benzene rings is 1. The molecular formula is C24H35N7OS. The van der Waals surface area contributed by atoms with Crippen LogP contribution in [-0.4, -0.2) is 57.4 Å². The zero-order chi connectivity index (χ0) is 23.6. The molecular weight excluding hydrogens is 434 g/mol. The van der Waals surface area contributed by atoms with E-state index in [1.54, 1.807) is 16.8 Å². The lowest BCUT2D eigenvalue weighted by atomic mass is 10.1. The summed E-state index contributed by atoms with van der Waals surface area (Å²) in [6, 6.07) is 7.87. The molecule has 1 unspecified atom stereocenters. The van der Waals surface area contributed by atoms with Gasteiger partial charge in [0, 0.05) is 26.1 Å². The van der Waals surface area contributed by atoms with E-state index in [0.717, 1.165) is 12.3 Å². The maximum Gasteiger partial charge on any atom is 0.247 e. The summed E-state index contributed by atoms with van der Waals surface area (Å²) in [5, 5.41) is 4.56. The van der Waals surface area contributed by atoms with Gasteiger partial charge in [-0.05, 0) is 43.6 Å². The van der Waals surface area contributed by atoms with Crippen LogP contribution in [0.5, 0.6) is 5.75 Å². The summed E-state index contributed by atoms with van der Waals surface area (Å²) in [5.74, 6) is 1.57. The van der Waals surface area contributed by atoms with Gasteiger partial charge in [-0.25, -0.2) is 4.68 Å². The molecule has 0 bridgehead atoms. The van der Waals surface area contributed by atoms with Crippen molar-refractivity contribution in [2.75, 3.05) is 43.4 Å². The average Bonchev–Trinajstić information content (AvgIpc) is 3.18. The van der Waals surface area contributed by atoms with Crippen molar-refractivity contribution in [3.05, 3.63) is 55.1 Å². The van der Waals surface area contributed by atoms with Crippen molar-refractivity contribution in [3.63, 3.8) is 0 Å². The lowest BCUT2D eigenvalue weighted by molar-refractivity contribution is 0.220. The third-order valence-corrected chi connectivity index (χ3v) is 5.94. The number of ether oxygens (including phenoxy) is 1. The predicted molar refractivity (Wildman–Crippen MR) is 139 cm³/mol. The van der Waals surface area contributed by atoms with Gasteiger partial charge >= 0.3 is 0 Å². The highest BCUT2D eigenvalue weighted by molar-refractivity contribution is 7.80. The van der Waals surface area contributed by atoms with Crippen LogP contribution in [0.15, 0.2) is 49.6 Å². The van der Waals surface area contributed by atoms with E-state index in [1.807, 2.05) is 17.0 Å². The number of nitrogens with two attached hydrogens (primary N) is 2. The van der Waals surface area contributed by atoms with Gasteiger partial charge in [0.2, 0.25) is 11.9 Å². The molecule has 8 nitrogen and oxygen atoms in total. The third kappa shape index (κ3) is 7.03. The molecule has 33 heavy (non-hydrogen) atoms. The van der Waals surface area contributed by atoms with Crippen molar-refractivity contribution >= 4 is 29.1 Å². The van der Waals surface area contributed by atoms with Crippen LogP contribution in [-0.2, 0) is 6.54 Å². The topological polar surface area (TPSA) is 98.5 Å². The molecule has 1 aliphatic rings. The van der Waals surface area contributed by atoms with E-state index in [1.165, 1.54) is 37.9 Å². The second kappa shape index (κ2) is 12.4. The average molecular weight is 470 g/mol. The Morgan fingerprint density at radius 2 is 1.94 bits per heavy atom. The molecule has 1 atom stereocenters. The third-order valence-electron chi connectivity index (χ3n) is 5.67. The van der Waals surface area contributed by atoms with Crippen molar-refractivity contribution in [1.29, 1.82) is 0 Å². The number of likely N-dealkylation sites (tertiary alicyclic amines) is 1. The van der Waals surface area contributed by atoms with E-state index < -0.39 is 6.04 Å². The van der Waals surface area contributed by atoms with Crippen LogP contribution in [0.25, 0.3) is 0 Å². The zero-order valence-corrected chi connectivity index (χ0v) is 20.1. The lowest BCUT2D eigenvalue weighted by Crippen LogP contribution is -2.29. The van der Waals surface area contributed by atoms with Crippen LogP contribution >= 0.6 is 12.2 Å². The first-order valence-corrected chi connectivity index (χ1v) is 11.8. The van der Waals surface area contributed by atoms with Gasteiger partial charge < -0.3 is 21.1 Å². The quantitative estimate of drug-likeness (QED) is 0.341. The molecule has 178 valence electrons. The van der Waals surface area contributed by atoms with Gasteiger partial charge in [0.1, 0.15) is 11.8 Å². The van der Waals surface area contributed by atoms with Crippen molar-refractivity contribution in [3.8, 4) is 5.75 Å². The summed E-state index contributed by atoms with van der Waals surface area (Å²) in [6.07, 6.45) is 7.98. The van der Waals surface area contributed by atoms with Crippen molar-refractivity contribution in [1.82, 2.24) is 19.7 Å². The molecule has 2 aromatic rings. The number of aromatic nitrogens is 3. The van der Waals surface area contributed by atoms with Crippen LogP contribution in [0.2, 0.25) is 0 Å². The van der Waals surface area contributed by atoms with Gasteiger partial charge in [-0.15, -0.1) is 18.3 Å². The Balaban J connectivity index is 1.62. The highest BCUT2D eigenvalue weighted by atomic mass is 32.1. The molecule has 0 radical (unpaired) electrons. The number of nitrogens with zero attached hydrogens (tertiary/aromatic N) is 5. The number of hydrogen-bond donors (Lipinski definition) is 2. The molecule has 2 heterocycles. The number of rotatable bonds is 13. The maximum atomic E-state index is 6.15. The van der Waals surface area contributed by atoms with E-state index in [-0.39, 0.29) is 5.95 Å². The zero-order valence-electron chi connectivity index (χ0n) is 19.2. The van der Waals surface area contributed by atoms with Gasteiger partial charge in [0.05, 0.1) is 11.6 Å². The predicted octanol–water partition coefficient (Wildman–Crippen LogP) is 3.32.